The van der Waals surface area contributed by atoms with Crippen molar-refractivity contribution in [2.75, 3.05) is 0 Å². The van der Waals surface area contributed by atoms with Crippen molar-refractivity contribution in [3.63, 3.8) is 0 Å². The van der Waals surface area contributed by atoms with Crippen LogP contribution in [0.4, 0.5) is 0 Å². The molecule has 3 unspecified atom stereocenters. The van der Waals surface area contributed by atoms with Crippen LogP contribution in [0.3, 0.4) is 0 Å². The lowest BCUT2D eigenvalue weighted by Crippen LogP contribution is -2.25. The van der Waals surface area contributed by atoms with Gasteiger partial charge in [-0.25, -0.2) is 0 Å². The Morgan fingerprint density at radius 3 is 2.38 bits per heavy atom. The Labute approximate surface area is 181 Å². The van der Waals surface area contributed by atoms with E-state index in [1.807, 2.05) is 36.4 Å². The number of para-hydroxylation sites is 1. The summed E-state index contributed by atoms with van der Waals surface area (Å²) in [6, 6.07) is 18.1. The summed E-state index contributed by atoms with van der Waals surface area (Å²) in [5.41, 5.74) is 1.10. The van der Waals surface area contributed by atoms with Gasteiger partial charge in [-0.15, -0.1) is 0 Å². The van der Waals surface area contributed by atoms with Gasteiger partial charge in [0.25, 0.3) is 0 Å². The molecule has 0 saturated heterocycles. The van der Waals surface area contributed by atoms with Gasteiger partial charge in [0.05, 0.1) is 5.92 Å². The largest absolute Gasteiger partial charge is 0.457 e. The molecule has 2 rings (SSSR count). The molecule has 150 valence electrons. The molecule has 0 aromatic heterocycles. The van der Waals surface area contributed by atoms with Crippen molar-refractivity contribution in [3.8, 4) is 17.6 Å². The van der Waals surface area contributed by atoms with E-state index in [-0.39, 0.29) is 10.4 Å². The highest BCUT2D eigenvalue weighted by atomic mass is 35.5. The van der Waals surface area contributed by atoms with Crippen molar-refractivity contribution in [1.82, 2.24) is 0 Å². The highest BCUT2D eigenvalue weighted by Gasteiger charge is 2.29. The van der Waals surface area contributed by atoms with Gasteiger partial charge < -0.3 is 9.47 Å². The maximum atomic E-state index is 12.7. The summed E-state index contributed by atoms with van der Waals surface area (Å²) in [6.07, 6.45) is 0.450. The van der Waals surface area contributed by atoms with Crippen LogP contribution in [0.15, 0.2) is 77.3 Å². The fraction of sp³-hybridized carbons (Fsp3) is 0.217. The molecule has 0 bridgehead atoms. The number of ether oxygens (including phenoxy) is 2. The number of hydrogen-bond donors (Lipinski definition) is 0. The zero-order chi connectivity index (χ0) is 21.4. The maximum Gasteiger partial charge on any atom is 0.315 e. The third-order valence-electron chi connectivity index (χ3n) is 4.19. The van der Waals surface area contributed by atoms with E-state index in [0.29, 0.717) is 22.6 Å². The Morgan fingerprint density at radius 1 is 1.14 bits per heavy atom. The Balaban J connectivity index is 2.19. The van der Waals surface area contributed by atoms with Crippen molar-refractivity contribution >= 4 is 29.2 Å². The van der Waals surface area contributed by atoms with E-state index >= 15 is 0 Å². The first-order valence-corrected chi connectivity index (χ1v) is 9.68. The van der Waals surface area contributed by atoms with E-state index in [1.54, 1.807) is 44.2 Å². The van der Waals surface area contributed by atoms with Crippen LogP contribution in [0.1, 0.15) is 25.5 Å². The predicted octanol–water partition coefficient (Wildman–Crippen LogP) is 6.73. The number of allylic oxidation sites excluding steroid dienone is 1. The fourth-order valence-corrected chi connectivity index (χ4v) is 3.28. The first-order valence-electron chi connectivity index (χ1n) is 8.93. The molecule has 2 aromatic carbocycles. The number of benzene rings is 2. The molecule has 0 saturated carbocycles. The summed E-state index contributed by atoms with van der Waals surface area (Å²) in [6.45, 7) is 7.35. The van der Waals surface area contributed by atoms with Crippen LogP contribution in [0, 0.1) is 23.2 Å². The third-order valence-corrected chi connectivity index (χ3v) is 4.44. The number of nitriles is 1. The van der Waals surface area contributed by atoms with Gasteiger partial charge in [0.1, 0.15) is 22.1 Å². The van der Waals surface area contributed by atoms with Crippen molar-refractivity contribution in [1.29, 1.82) is 5.26 Å². The lowest BCUT2D eigenvalue weighted by atomic mass is 9.88. The average Bonchev–Trinajstić information content (AvgIpc) is 2.66. The van der Waals surface area contributed by atoms with Gasteiger partial charge >= 0.3 is 5.97 Å². The van der Waals surface area contributed by atoms with Gasteiger partial charge in [-0.1, -0.05) is 78.7 Å². The Bertz CT molecular complexity index is 931. The lowest BCUT2D eigenvalue weighted by Gasteiger charge is -2.22. The average molecular weight is 430 g/mol. The van der Waals surface area contributed by atoms with Gasteiger partial charge in [-0.2, -0.15) is 5.26 Å². The van der Waals surface area contributed by atoms with Gasteiger partial charge in [0, 0.05) is 5.56 Å². The van der Waals surface area contributed by atoms with Gasteiger partial charge in [0.2, 0.25) is 6.10 Å². The molecule has 0 aliphatic heterocycles. The summed E-state index contributed by atoms with van der Waals surface area (Å²) < 4.78 is 11.3. The van der Waals surface area contributed by atoms with Gasteiger partial charge in [0.15, 0.2) is 0 Å². The van der Waals surface area contributed by atoms with Gasteiger partial charge in [-0.3, -0.25) is 4.79 Å². The molecule has 0 spiro atoms. The van der Waals surface area contributed by atoms with Gasteiger partial charge in [-0.05, 0) is 37.1 Å². The summed E-state index contributed by atoms with van der Waals surface area (Å²) >= 11 is 11.4. The van der Waals surface area contributed by atoms with Crippen LogP contribution in [-0.2, 0) is 9.53 Å². The molecule has 3 atom stereocenters. The smallest absolute Gasteiger partial charge is 0.315 e. The van der Waals surface area contributed by atoms with Crippen molar-refractivity contribution in [2.24, 2.45) is 11.8 Å². The molecule has 0 aliphatic rings. The predicted molar refractivity (Wildman–Crippen MR) is 115 cm³/mol. The van der Waals surface area contributed by atoms with E-state index in [9.17, 15) is 10.1 Å². The number of esters is 1. The van der Waals surface area contributed by atoms with Crippen LogP contribution in [0.5, 0.6) is 11.5 Å². The second kappa shape index (κ2) is 10.7. The third kappa shape index (κ3) is 6.67. The topological polar surface area (TPSA) is 59.3 Å². The number of carbonyl (C=O) groups excluding carboxylic acids is 1. The van der Waals surface area contributed by atoms with E-state index in [4.69, 9.17) is 32.7 Å². The normalized spacial score (nSPS) is 13.3. The summed E-state index contributed by atoms with van der Waals surface area (Å²) in [7, 11) is 0. The van der Waals surface area contributed by atoms with Crippen LogP contribution in [0.25, 0.3) is 0 Å². The molecule has 0 radical (unpaired) electrons. The lowest BCUT2D eigenvalue weighted by molar-refractivity contribution is -0.151. The first kappa shape index (κ1) is 22.5. The standard InChI is InChI=1S/C23H21Cl2NO3/c1-15(2)22(16(3)12-21(24)25)23(27)29-20(14-26)17-8-7-11-19(13-17)28-18-9-5-4-6-10-18/h4-13,16,20,22H,1H2,2-3H3. The van der Waals surface area contributed by atoms with Crippen LogP contribution in [0.2, 0.25) is 0 Å². The molecule has 29 heavy (non-hydrogen) atoms. The molecule has 0 amide bonds. The molecule has 2 aromatic rings. The number of halogens is 2. The van der Waals surface area contributed by atoms with Crippen molar-refractivity contribution in [2.45, 2.75) is 20.0 Å². The van der Waals surface area contributed by atoms with E-state index in [0.717, 1.165) is 0 Å². The number of nitrogens with zero attached hydrogens (tertiary/aromatic N) is 1. The highest BCUT2D eigenvalue weighted by molar-refractivity contribution is 6.55. The number of rotatable bonds is 8. The van der Waals surface area contributed by atoms with Crippen LogP contribution < -0.4 is 4.74 Å². The van der Waals surface area contributed by atoms with Crippen LogP contribution >= 0.6 is 23.2 Å². The highest BCUT2D eigenvalue weighted by Crippen LogP contribution is 2.30. The molecule has 0 fully saturated rings. The van der Waals surface area contributed by atoms with Crippen molar-refractivity contribution < 1.29 is 14.3 Å². The Hall–Kier alpha value is -2.74. The zero-order valence-electron chi connectivity index (χ0n) is 16.1. The number of carbonyl (C=O) groups is 1. The van der Waals surface area contributed by atoms with Crippen LogP contribution in [-0.4, -0.2) is 5.97 Å². The summed E-state index contributed by atoms with van der Waals surface area (Å²) in [5, 5.41) is 9.57. The minimum absolute atomic E-state index is 0.0548. The van der Waals surface area contributed by atoms with E-state index < -0.39 is 18.0 Å². The molecule has 6 heteroatoms. The second-order valence-electron chi connectivity index (χ2n) is 6.57. The number of hydrogen-bond acceptors (Lipinski definition) is 4. The fourth-order valence-electron chi connectivity index (χ4n) is 2.88. The minimum Gasteiger partial charge on any atom is -0.457 e. The van der Waals surface area contributed by atoms with E-state index in [2.05, 4.69) is 6.58 Å². The molecule has 0 N–H and O–H groups in total. The summed E-state index contributed by atoms with van der Waals surface area (Å²) in [5.74, 6) is -0.390. The molecule has 0 heterocycles. The quantitative estimate of drug-likeness (QED) is 0.344. The minimum atomic E-state index is -1.09. The maximum absolute atomic E-state index is 12.7. The molecular formula is C23H21Cl2NO3. The van der Waals surface area contributed by atoms with Crippen molar-refractivity contribution in [3.05, 3.63) is 82.9 Å². The monoisotopic (exact) mass is 429 g/mol. The first-order chi connectivity index (χ1) is 13.8. The van der Waals surface area contributed by atoms with E-state index in [1.165, 1.54) is 0 Å². The molecule has 4 nitrogen and oxygen atoms in total. The Kier molecular flexibility index (Phi) is 8.33. The molecule has 0 aliphatic carbocycles. The zero-order valence-corrected chi connectivity index (χ0v) is 17.7. The Morgan fingerprint density at radius 2 is 1.79 bits per heavy atom. The summed E-state index contributed by atoms with van der Waals surface area (Å²) in [4.78, 5) is 12.7. The second-order valence-corrected chi connectivity index (χ2v) is 7.58. The molecular weight excluding hydrogens is 409 g/mol. The SMILES string of the molecule is C=C(C)C(C(=O)OC(C#N)c1cccc(Oc2ccccc2)c1)C(C)C=C(Cl)Cl.